The highest BCUT2D eigenvalue weighted by Crippen LogP contribution is 2.28. The highest BCUT2D eigenvalue weighted by molar-refractivity contribution is 5.92. The molecule has 1 saturated heterocycles. The third kappa shape index (κ3) is 3.23. The molecule has 1 aromatic heterocycles. The lowest BCUT2D eigenvalue weighted by atomic mass is 10.1. The highest BCUT2D eigenvalue weighted by atomic mass is 19.4. The number of carbonyl (C=O) groups is 1. The summed E-state index contributed by atoms with van der Waals surface area (Å²) in [5.41, 5.74) is -0.926. The van der Waals surface area contributed by atoms with Crippen LogP contribution in [0.3, 0.4) is 0 Å². The predicted octanol–water partition coefficient (Wildman–Crippen LogP) is 1.70. The van der Waals surface area contributed by atoms with Crippen LogP contribution in [0.1, 0.15) is 28.9 Å². The van der Waals surface area contributed by atoms with Crippen molar-refractivity contribution >= 4 is 5.91 Å². The fourth-order valence-electron chi connectivity index (χ4n) is 1.99. The summed E-state index contributed by atoms with van der Waals surface area (Å²) in [6, 6.07) is 1.90. The van der Waals surface area contributed by atoms with Crippen molar-refractivity contribution in [1.82, 2.24) is 9.88 Å². The van der Waals surface area contributed by atoms with Gasteiger partial charge in [-0.25, -0.2) is 0 Å². The smallest absolute Gasteiger partial charge is 0.391 e. The molecule has 0 spiro atoms. The predicted molar refractivity (Wildman–Crippen MR) is 60.4 cm³/mol. The van der Waals surface area contributed by atoms with Gasteiger partial charge in [-0.15, -0.1) is 0 Å². The molecule has 0 radical (unpaired) electrons. The van der Waals surface area contributed by atoms with Gasteiger partial charge >= 0.3 is 6.18 Å². The van der Waals surface area contributed by atoms with Crippen molar-refractivity contribution in [2.45, 2.75) is 25.1 Å². The number of aromatic nitrogens is 1. The monoisotopic (exact) mass is 274 g/mol. The number of hydrogen-bond donors (Lipinski definition) is 1. The lowest BCUT2D eigenvalue weighted by Gasteiger charge is -2.29. The number of aliphatic hydroxyl groups excluding tert-OH is 1. The average molecular weight is 274 g/mol. The van der Waals surface area contributed by atoms with Crippen molar-refractivity contribution in [1.29, 1.82) is 0 Å². The summed E-state index contributed by atoms with van der Waals surface area (Å²) < 4.78 is 37.1. The van der Waals surface area contributed by atoms with E-state index in [1.165, 1.54) is 4.90 Å². The zero-order valence-corrected chi connectivity index (χ0v) is 10.0. The van der Waals surface area contributed by atoms with E-state index in [0.717, 1.165) is 12.1 Å². The van der Waals surface area contributed by atoms with E-state index >= 15 is 0 Å². The summed E-state index contributed by atoms with van der Waals surface area (Å²) in [7, 11) is 0. The Bertz CT molecular complexity index is 459. The Morgan fingerprint density at radius 2 is 2.16 bits per heavy atom. The van der Waals surface area contributed by atoms with Crippen molar-refractivity contribution in [3.63, 3.8) is 0 Å². The molecule has 104 valence electrons. The second-order valence-electron chi connectivity index (χ2n) is 4.48. The molecular formula is C12H13F3N2O2. The number of aliphatic hydroxyl groups is 1. The number of carbonyl (C=O) groups excluding carboxylic acids is 1. The van der Waals surface area contributed by atoms with Crippen LogP contribution in [0.5, 0.6) is 0 Å². The minimum absolute atomic E-state index is 0.0397. The minimum Gasteiger partial charge on any atom is -0.391 e. The Labute approximate surface area is 107 Å². The van der Waals surface area contributed by atoms with Crippen molar-refractivity contribution in [3.05, 3.63) is 29.6 Å². The summed E-state index contributed by atoms with van der Waals surface area (Å²) in [5.74, 6) is -0.451. The Balaban J connectivity index is 2.11. The van der Waals surface area contributed by atoms with E-state index in [9.17, 15) is 23.1 Å². The van der Waals surface area contributed by atoms with Crippen LogP contribution in [0, 0.1) is 0 Å². The average Bonchev–Trinajstić information content (AvgIpc) is 2.37. The molecule has 19 heavy (non-hydrogen) atoms. The second kappa shape index (κ2) is 5.16. The van der Waals surface area contributed by atoms with Crippen LogP contribution in [0.4, 0.5) is 13.2 Å². The molecule has 4 nitrogen and oxygen atoms in total. The molecule has 1 aliphatic rings. The van der Waals surface area contributed by atoms with Crippen molar-refractivity contribution < 1.29 is 23.1 Å². The first-order valence-electron chi connectivity index (χ1n) is 5.88. The van der Waals surface area contributed by atoms with Gasteiger partial charge in [0.2, 0.25) is 0 Å². The number of hydrogen-bond acceptors (Lipinski definition) is 3. The summed E-state index contributed by atoms with van der Waals surface area (Å²) in [6.07, 6.45) is -3.09. The number of alkyl halides is 3. The SMILES string of the molecule is O=C(c1ccc(C(F)(F)F)cn1)N1CCCC(O)C1. The van der Waals surface area contributed by atoms with Crippen LogP contribution in [0.25, 0.3) is 0 Å². The van der Waals surface area contributed by atoms with E-state index in [2.05, 4.69) is 4.98 Å². The van der Waals surface area contributed by atoms with Gasteiger partial charge < -0.3 is 10.0 Å². The molecular weight excluding hydrogens is 261 g/mol. The maximum atomic E-state index is 12.4. The Morgan fingerprint density at radius 3 is 2.68 bits per heavy atom. The standard InChI is InChI=1S/C12H13F3N2O2/c13-12(14,15)8-3-4-10(16-6-8)11(19)17-5-1-2-9(18)7-17/h3-4,6,9,18H,1-2,5,7H2. The molecule has 1 fully saturated rings. The number of amides is 1. The second-order valence-corrected chi connectivity index (χ2v) is 4.48. The molecule has 1 amide bonds. The molecule has 0 bridgehead atoms. The van der Waals surface area contributed by atoms with Gasteiger partial charge in [0.25, 0.3) is 5.91 Å². The number of piperidine rings is 1. The van der Waals surface area contributed by atoms with Gasteiger partial charge in [-0.05, 0) is 25.0 Å². The zero-order valence-electron chi connectivity index (χ0n) is 10.0. The summed E-state index contributed by atoms with van der Waals surface area (Å²) in [4.78, 5) is 16.9. The van der Waals surface area contributed by atoms with Crippen LogP contribution in [-0.2, 0) is 6.18 Å². The number of likely N-dealkylation sites (tertiary alicyclic amines) is 1. The lowest BCUT2D eigenvalue weighted by molar-refractivity contribution is -0.137. The molecule has 1 atom stereocenters. The van der Waals surface area contributed by atoms with Gasteiger partial charge in [0.15, 0.2) is 0 Å². The molecule has 2 heterocycles. The number of pyridine rings is 1. The van der Waals surface area contributed by atoms with E-state index < -0.39 is 23.8 Å². The zero-order chi connectivity index (χ0) is 14.0. The van der Waals surface area contributed by atoms with E-state index in [4.69, 9.17) is 0 Å². The normalized spacial score (nSPS) is 20.4. The summed E-state index contributed by atoms with van der Waals surface area (Å²) >= 11 is 0. The van der Waals surface area contributed by atoms with Gasteiger partial charge in [0, 0.05) is 19.3 Å². The number of nitrogens with zero attached hydrogens (tertiary/aromatic N) is 2. The molecule has 0 aliphatic carbocycles. The molecule has 1 aromatic rings. The van der Waals surface area contributed by atoms with Crippen molar-refractivity contribution in [2.24, 2.45) is 0 Å². The van der Waals surface area contributed by atoms with Crippen LogP contribution >= 0.6 is 0 Å². The first-order chi connectivity index (χ1) is 8.88. The summed E-state index contributed by atoms with van der Waals surface area (Å²) in [6.45, 7) is 0.681. The Kier molecular flexibility index (Phi) is 3.75. The number of halogens is 3. The van der Waals surface area contributed by atoms with Crippen molar-refractivity contribution in [3.8, 4) is 0 Å². The first-order valence-corrected chi connectivity index (χ1v) is 5.88. The lowest BCUT2D eigenvalue weighted by Crippen LogP contribution is -2.42. The largest absolute Gasteiger partial charge is 0.417 e. The third-order valence-electron chi connectivity index (χ3n) is 2.99. The van der Waals surface area contributed by atoms with Gasteiger partial charge in [0.05, 0.1) is 11.7 Å². The maximum absolute atomic E-state index is 12.4. The fraction of sp³-hybridized carbons (Fsp3) is 0.500. The molecule has 1 aliphatic heterocycles. The third-order valence-corrected chi connectivity index (χ3v) is 2.99. The summed E-state index contributed by atoms with van der Waals surface area (Å²) in [5, 5.41) is 9.46. The van der Waals surface area contributed by atoms with Gasteiger partial charge in [0.1, 0.15) is 5.69 Å². The first kappa shape index (κ1) is 13.8. The highest BCUT2D eigenvalue weighted by Gasteiger charge is 2.31. The quantitative estimate of drug-likeness (QED) is 0.848. The van der Waals surface area contributed by atoms with Crippen LogP contribution < -0.4 is 0 Å². The van der Waals surface area contributed by atoms with Gasteiger partial charge in [-0.2, -0.15) is 13.2 Å². The molecule has 0 aromatic carbocycles. The molecule has 7 heteroatoms. The van der Waals surface area contributed by atoms with Crippen LogP contribution in [0.2, 0.25) is 0 Å². The topological polar surface area (TPSA) is 53.4 Å². The van der Waals surface area contributed by atoms with Crippen LogP contribution in [-0.4, -0.2) is 40.1 Å². The van der Waals surface area contributed by atoms with Crippen LogP contribution in [0.15, 0.2) is 18.3 Å². The van der Waals surface area contributed by atoms with E-state index in [-0.39, 0.29) is 12.2 Å². The number of rotatable bonds is 1. The Morgan fingerprint density at radius 1 is 1.42 bits per heavy atom. The molecule has 1 unspecified atom stereocenters. The number of β-amino-alcohol motifs (C(OH)–C–C–N with tert-alkyl or cyclic N) is 1. The fourth-order valence-corrected chi connectivity index (χ4v) is 1.99. The van der Waals surface area contributed by atoms with Gasteiger partial charge in [-0.3, -0.25) is 9.78 Å². The van der Waals surface area contributed by atoms with E-state index in [1.54, 1.807) is 0 Å². The maximum Gasteiger partial charge on any atom is 0.417 e. The molecule has 0 saturated carbocycles. The van der Waals surface area contributed by atoms with Crippen molar-refractivity contribution in [2.75, 3.05) is 13.1 Å². The van der Waals surface area contributed by atoms with E-state index in [0.29, 0.717) is 25.6 Å². The molecule has 2 rings (SSSR count). The Hall–Kier alpha value is -1.63. The minimum atomic E-state index is -4.46. The van der Waals surface area contributed by atoms with E-state index in [1.807, 2.05) is 0 Å². The molecule has 1 N–H and O–H groups in total. The van der Waals surface area contributed by atoms with Gasteiger partial charge in [-0.1, -0.05) is 0 Å².